The van der Waals surface area contributed by atoms with Gasteiger partial charge in [0.1, 0.15) is 0 Å². The molecule has 1 aliphatic rings. The van der Waals surface area contributed by atoms with Crippen molar-refractivity contribution >= 4 is 12.0 Å². The number of hydroxylamine groups is 1. The maximum Gasteiger partial charge on any atom is 0.341 e. The number of rotatable bonds is 3. The van der Waals surface area contributed by atoms with Crippen molar-refractivity contribution in [1.82, 2.24) is 10.4 Å². The molecular formula is C10H18N2O4. The Hall–Kier alpha value is -1.30. The lowest BCUT2D eigenvalue weighted by atomic mass is 9.83. The molecule has 92 valence electrons. The minimum Gasteiger partial charge on any atom is -0.479 e. The van der Waals surface area contributed by atoms with Crippen LogP contribution >= 0.6 is 0 Å². The lowest BCUT2D eigenvalue weighted by molar-refractivity contribution is -0.144. The van der Waals surface area contributed by atoms with Crippen LogP contribution in [-0.4, -0.2) is 41.7 Å². The predicted molar refractivity (Wildman–Crippen MR) is 56.7 cm³/mol. The second-order valence-corrected chi connectivity index (χ2v) is 4.74. The smallest absolute Gasteiger partial charge is 0.341 e. The van der Waals surface area contributed by atoms with Crippen molar-refractivity contribution in [3.05, 3.63) is 0 Å². The van der Waals surface area contributed by atoms with Crippen LogP contribution in [0, 0.1) is 5.41 Å². The van der Waals surface area contributed by atoms with E-state index >= 15 is 0 Å². The number of urea groups is 1. The van der Waals surface area contributed by atoms with Gasteiger partial charge in [-0.3, -0.25) is 4.84 Å². The zero-order valence-electron chi connectivity index (χ0n) is 9.65. The first-order chi connectivity index (χ1) is 7.41. The summed E-state index contributed by atoms with van der Waals surface area (Å²) in [6.07, 6.45) is 1.89. The van der Waals surface area contributed by atoms with Crippen LogP contribution in [0.4, 0.5) is 4.79 Å². The summed E-state index contributed by atoms with van der Waals surface area (Å²) in [5.41, 5.74) is 2.39. The van der Waals surface area contributed by atoms with Crippen LogP contribution < -0.4 is 5.48 Å². The molecular weight excluding hydrogens is 212 g/mol. The Morgan fingerprint density at radius 1 is 1.38 bits per heavy atom. The van der Waals surface area contributed by atoms with E-state index < -0.39 is 12.6 Å². The van der Waals surface area contributed by atoms with Crippen LogP contribution in [0.3, 0.4) is 0 Å². The van der Waals surface area contributed by atoms with Gasteiger partial charge in [-0.05, 0) is 18.3 Å². The summed E-state index contributed by atoms with van der Waals surface area (Å²) in [6, 6.07) is -0.364. The molecule has 0 aromatic carbocycles. The van der Waals surface area contributed by atoms with Crippen LogP contribution in [0.1, 0.15) is 26.7 Å². The van der Waals surface area contributed by atoms with E-state index in [1.54, 1.807) is 4.90 Å². The second-order valence-electron chi connectivity index (χ2n) is 4.74. The maximum atomic E-state index is 11.5. The van der Waals surface area contributed by atoms with E-state index in [1.165, 1.54) is 0 Å². The van der Waals surface area contributed by atoms with Gasteiger partial charge in [0.25, 0.3) is 0 Å². The summed E-state index contributed by atoms with van der Waals surface area (Å²) in [7, 11) is 0. The van der Waals surface area contributed by atoms with E-state index in [0.717, 1.165) is 12.8 Å². The number of amides is 2. The number of carboxylic acid groups (broad SMARTS) is 1. The molecule has 1 rings (SSSR count). The van der Waals surface area contributed by atoms with E-state index in [1.807, 2.05) is 0 Å². The van der Waals surface area contributed by atoms with Crippen molar-refractivity contribution in [3.8, 4) is 0 Å². The van der Waals surface area contributed by atoms with Gasteiger partial charge in [0.05, 0.1) is 0 Å². The molecule has 0 spiro atoms. The van der Waals surface area contributed by atoms with Gasteiger partial charge in [-0.25, -0.2) is 15.1 Å². The molecule has 0 aliphatic carbocycles. The van der Waals surface area contributed by atoms with Crippen LogP contribution in [0.2, 0.25) is 0 Å². The summed E-state index contributed by atoms with van der Waals surface area (Å²) in [5, 5.41) is 8.32. The van der Waals surface area contributed by atoms with Crippen LogP contribution in [0.5, 0.6) is 0 Å². The van der Waals surface area contributed by atoms with Crippen molar-refractivity contribution in [2.45, 2.75) is 26.7 Å². The fourth-order valence-corrected chi connectivity index (χ4v) is 1.54. The number of aliphatic carboxylic acids is 1. The molecule has 2 amide bonds. The minimum absolute atomic E-state index is 0.276. The Morgan fingerprint density at radius 2 is 1.94 bits per heavy atom. The maximum absolute atomic E-state index is 11.5. The molecule has 0 aromatic heterocycles. The third-order valence-electron chi connectivity index (χ3n) is 2.76. The van der Waals surface area contributed by atoms with E-state index in [-0.39, 0.29) is 11.4 Å². The monoisotopic (exact) mass is 230 g/mol. The number of piperidine rings is 1. The Bertz CT molecular complexity index is 268. The molecule has 0 atom stereocenters. The second kappa shape index (κ2) is 5.16. The molecule has 1 saturated heterocycles. The fraction of sp³-hybridized carbons (Fsp3) is 0.800. The van der Waals surface area contributed by atoms with Crippen LogP contribution in [-0.2, 0) is 9.63 Å². The highest BCUT2D eigenvalue weighted by atomic mass is 16.7. The third kappa shape index (κ3) is 4.06. The van der Waals surface area contributed by atoms with Gasteiger partial charge in [0.15, 0.2) is 6.61 Å². The molecule has 0 unspecified atom stereocenters. The summed E-state index contributed by atoms with van der Waals surface area (Å²) in [5.74, 6) is -1.11. The van der Waals surface area contributed by atoms with Crippen LogP contribution in [0.25, 0.3) is 0 Å². The Labute approximate surface area is 94.5 Å². The van der Waals surface area contributed by atoms with Crippen molar-refractivity contribution < 1.29 is 19.5 Å². The molecule has 0 bridgehead atoms. The van der Waals surface area contributed by atoms with E-state index in [4.69, 9.17) is 5.11 Å². The lowest BCUT2D eigenvalue weighted by Gasteiger charge is -2.36. The molecule has 2 N–H and O–H groups in total. The molecule has 6 nitrogen and oxygen atoms in total. The van der Waals surface area contributed by atoms with Crippen molar-refractivity contribution in [2.75, 3.05) is 19.7 Å². The molecule has 16 heavy (non-hydrogen) atoms. The third-order valence-corrected chi connectivity index (χ3v) is 2.76. The van der Waals surface area contributed by atoms with Gasteiger partial charge >= 0.3 is 12.0 Å². The number of likely N-dealkylation sites (tertiary alicyclic amines) is 1. The normalized spacial score (nSPS) is 19.2. The quantitative estimate of drug-likeness (QED) is 0.704. The lowest BCUT2D eigenvalue weighted by Crippen LogP contribution is -2.46. The van der Waals surface area contributed by atoms with Crippen molar-refractivity contribution in [2.24, 2.45) is 5.41 Å². The van der Waals surface area contributed by atoms with Gasteiger partial charge in [-0.15, -0.1) is 0 Å². The van der Waals surface area contributed by atoms with Gasteiger partial charge in [-0.1, -0.05) is 13.8 Å². The number of hydrogen-bond donors (Lipinski definition) is 2. The van der Waals surface area contributed by atoms with Gasteiger partial charge in [0.2, 0.25) is 0 Å². The zero-order valence-corrected chi connectivity index (χ0v) is 9.65. The highest BCUT2D eigenvalue weighted by Gasteiger charge is 2.27. The standard InChI is InChI=1S/C10H18N2O4/c1-10(2)3-5-12(6-4-10)9(15)11-16-7-8(13)14/h3-7H2,1-2H3,(H,11,15)(H,13,14). The predicted octanol–water partition coefficient (Wildman–Crippen LogP) is 0.834. The first-order valence-corrected chi connectivity index (χ1v) is 5.29. The fourth-order valence-electron chi connectivity index (χ4n) is 1.54. The van der Waals surface area contributed by atoms with Gasteiger partial charge in [-0.2, -0.15) is 0 Å². The SMILES string of the molecule is CC1(C)CCN(C(=O)NOCC(=O)O)CC1. The Kier molecular flexibility index (Phi) is 4.12. The highest BCUT2D eigenvalue weighted by Crippen LogP contribution is 2.29. The summed E-state index contributed by atoms with van der Waals surface area (Å²) in [4.78, 5) is 27.8. The number of carboxylic acids is 1. The molecule has 0 aromatic rings. The minimum atomic E-state index is -1.11. The molecule has 1 aliphatic heterocycles. The van der Waals surface area contributed by atoms with E-state index in [0.29, 0.717) is 13.1 Å². The molecule has 0 saturated carbocycles. The van der Waals surface area contributed by atoms with Crippen molar-refractivity contribution in [1.29, 1.82) is 0 Å². The van der Waals surface area contributed by atoms with Gasteiger partial charge in [0, 0.05) is 13.1 Å². The Balaban J connectivity index is 2.25. The molecule has 6 heteroatoms. The number of nitrogens with zero attached hydrogens (tertiary/aromatic N) is 1. The highest BCUT2D eigenvalue weighted by molar-refractivity contribution is 5.73. The number of nitrogens with one attached hydrogen (secondary N) is 1. The van der Waals surface area contributed by atoms with E-state index in [2.05, 4.69) is 24.2 Å². The number of carbonyl (C=O) groups excluding carboxylic acids is 1. The number of hydrogen-bond acceptors (Lipinski definition) is 3. The Morgan fingerprint density at radius 3 is 2.44 bits per heavy atom. The molecule has 1 fully saturated rings. The van der Waals surface area contributed by atoms with Crippen LogP contribution in [0.15, 0.2) is 0 Å². The molecule has 1 heterocycles. The first kappa shape index (κ1) is 12.8. The number of carbonyl (C=O) groups is 2. The first-order valence-electron chi connectivity index (χ1n) is 5.29. The summed E-state index contributed by atoms with van der Waals surface area (Å²) in [6.45, 7) is 5.17. The van der Waals surface area contributed by atoms with Gasteiger partial charge < -0.3 is 10.0 Å². The summed E-state index contributed by atoms with van der Waals surface area (Å²) < 4.78 is 0. The van der Waals surface area contributed by atoms with E-state index in [9.17, 15) is 9.59 Å². The average molecular weight is 230 g/mol. The average Bonchev–Trinajstić information content (AvgIpc) is 2.16. The summed E-state index contributed by atoms with van der Waals surface area (Å²) >= 11 is 0. The van der Waals surface area contributed by atoms with Crippen molar-refractivity contribution in [3.63, 3.8) is 0 Å². The topological polar surface area (TPSA) is 78.9 Å². The largest absolute Gasteiger partial charge is 0.479 e. The molecule has 0 radical (unpaired) electrons. The zero-order chi connectivity index (χ0) is 12.2.